The Morgan fingerprint density at radius 3 is 2.47 bits per heavy atom. The first-order valence-corrected chi connectivity index (χ1v) is 15.7. The zero-order valence-corrected chi connectivity index (χ0v) is 25.4. The van der Waals surface area contributed by atoms with Crippen molar-refractivity contribution in [2.45, 2.75) is 51.4 Å². The number of benzene rings is 3. The molecular formula is C38H47NO4. The highest BCUT2D eigenvalue weighted by Gasteiger charge is 2.29. The van der Waals surface area contributed by atoms with Crippen molar-refractivity contribution in [3.63, 3.8) is 0 Å². The second-order valence-electron chi connectivity index (χ2n) is 11.6. The number of hydrogen-bond acceptors (Lipinski definition) is 5. The lowest BCUT2D eigenvalue weighted by Gasteiger charge is -2.32. The first kappa shape index (κ1) is 32.4. The Hall–Kier alpha value is -3.51. The van der Waals surface area contributed by atoms with Gasteiger partial charge in [-0.05, 0) is 72.5 Å². The average molecular weight is 582 g/mol. The minimum atomic E-state index is -0.423. The van der Waals surface area contributed by atoms with E-state index < -0.39 is 11.4 Å². The van der Waals surface area contributed by atoms with Crippen molar-refractivity contribution in [1.29, 1.82) is 0 Å². The number of carbonyl (C=O) groups is 1. The molecule has 5 nitrogen and oxygen atoms in total. The highest BCUT2D eigenvalue weighted by atomic mass is 16.5. The van der Waals surface area contributed by atoms with Crippen molar-refractivity contribution >= 4 is 22.3 Å². The third kappa shape index (κ3) is 10.3. The standard InChI is InChI=1S/C38H47NO4/c1-31(35-22-13-20-34-19-7-8-21-36(34)35)37(41)43-28-33-18-14-23-38(27-33,30-40)29-39-24-10-2-3-11-25-42-26-12-9-17-32-15-5-4-6-16-32/h4-8,13-16,18-23,39-40H,1-3,9-12,17,24-30H2. The van der Waals surface area contributed by atoms with Gasteiger partial charge in [0.05, 0.1) is 12.2 Å². The molecule has 0 saturated carbocycles. The van der Waals surface area contributed by atoms with Crippen molar-refractivity contribution < 1.29 is 19.4 Å². The smallest absolute Gasteiger partial charge is 0.338 e. The van der Waals surface area contributed by atoms with E-state index in [1.807, 2.05) is 54.6 Å². The molecule has 3 aromatic carbocycles. The minimum Gasteiger partial charge on any atom is -0.458 e. The highest BCUT2D eigenvalue weighted by Crippen LogP contribution is 2.31. The molecule has 43 heavy (non-hydrogen) atoms. The molecule has 228 valence electrons. The molecular weight excluding hydrogens is 534 g/mol. The summed E-state index contributed by atoms with van der Waals surface area (Å²) < 4.78 is 11.5. The van der Waals surface area contributed by atoms with Gasteiger partial charge in [-0.2, -0.15) is 0 Å². The zero-order valence-electron chi connectivity index (χ0n) is 25.4. The van der Waals surface area contributed by atoms with E-state index in [1.54, 1.807) is 0 Å². The number of aryl methyl sites for hydroxylation is 1. The predicted octanol–water partition coefficient (Wildman–Crippen LogP) is 7.45. The number of aliphatic hydroxyl groups excluding tert-OH is 1. The summed E-state index contributed by atoms with van der Waals surface area (Å²) in [5.74, 6) is -0.423. The van der Waals surface area contributed by atoms with E-state index in [2.05, 4.69) is 48.3 Å². The quantitative estimate of drug-likeness (QED) is 0.0874. The van der Waals surface area contributed by atoms with E-state index in [9.17, 15) is 9.90 Å². The molecule has 0 radical (unpaired) electrons. The van der Waals surface area contributed by atoms with Gasteiger partial charge in [-0.3, -0.25) is 0 Å². The first-order chi connectivity index (χ1) is 21.1. The van der Waals surface area contributed by atoms with Crippen LogP contribution in [0.25, 0.3) is 16.3 Å². The van der Waals surface area contributed by atoms with E-state index in [0.717, 1.165) is 73.8 Å². The van der Waals surface area contributed by atoms with Gasteiger partial charge in [0.15, 0.2) is 0 Å². The van der Waals surface area contributed by atoms with Crippen LogP contribution < -0.4 is 5.32 Å². The van der Waals surface area contributed by atoms with Crippen LogP contribution in [0.1, 0.15) is 56.1 Å². The number of hydrogen-bond donors (Lipinski definition) is 2. The summed E-state index contributed by atoms with van der Waals surface area (Å²) >= 11 is 0. The Kier molecular flexibility index (Phi) is 13.2. The van der Waals surface area contributed by atoms with Crippen LogP contribution in [-0.2, 0) is 20.7 Å². The van der Waals surface area contributed by atoms with Gasteiger partial charge in [0.1, 0.15) is 6.61 Å². The van der Waals surface area contributed by atoms with E-state index in [1.165, 1.54) is 18.4 Å². The molecule has 0 fully saturated rings. The normalized spacial score (nSPS) is 16.3. The Morgan fingerprint density at radius 2 is 1.63 bits per heavy atom. The zero-order chi connectivity index (χ0) is 30.2. The largest absolute Gasteiger partial charge is 0.458 e. The number of unbranched alkanes of at least 4 members (excludes halogenated alkanes) is 4. The molecule has 1 atom stereocenters. The third-order valence-corrected chi connectivity index (χ3v) is 8.14. The summed E-state index contributed by atoms with van der Waals surface area (Å²) in [6, 6.07) is 24.4. The average Bonchev–Trinajstić information content (AvgIpc) is 3.05. The van der Waals surface area contributed by atoms with E-state index in [-0.39, 0.29) is 13.2 Å². The third-order valence-electron chi connectivity index (χ3n) is 8.14. The first-order valence-electron chi connectivity index (χ1n) is 15.7. The minimum absolute atomic E-state index is 0.0349. The fourth-order valence-electron chi connectivity index (χ4n) is 5.61. The Balaban J connectivity index is 1.06. The van der Waals surface area contributed by atoms with Gasteiger partial charge in [0, 0.05) is 25.2 Å². The summed E-state index contributed by atoms with van der Waals surface area (Å²) in [7, 11) is 0. The number of ether oxygens (including phenoxy) is 2. The topological polar surface area (TPSA) is 67.8 Å². The van der Waals surface area contributed by atoms with Crippen LogP contribution in [0.3, 0.4) is 0 Å². The van der Waals surface area contributed by atoms with Crippen LogP contribution in [-0.4, -0.2) is 50.6 Å². The van der Waals surface area contributed by atoms with E-state index in [0.29, 0.717) is 18.5 Å². The molecule has 0 aromatic heterocycles. The van der Waals surface area contributed by atoms with Gasteiger partial charge in [-0.15, -0.1) is 0 Å². The molecule has 2 N–H and O–H groups in total. The van der Waals surface area contributed by atoms with Crippen LogP contribution in [0, 0.1) is 5.41 Å². The number of rotatable bonds is 19. The molecule has 1 unspecified atom stereocenters. The molecule has 0 heterocycles. The number of allylic oxidation sites excluding steroid dienone is 2. The van der Waals surface area contributed by atoms with E-state index >= 15 is 0 Å². The summed E-state index contributed by atoms with van der Waals surface area (Å²) in [5.41, 5.74) is 3.13. The lowest BCUT2D eigenvalue weighted by Crippen LogP contribution is -2.38. The molecule has 1 aliphatic rings. The second kappa shape index (κ2) is 17.6. The van der Waals surface area contributed by atoms with Crippen molar-refractivity contribution in [2.24, 2.45) is 5.41 Å². The molecule has 0 aliphatic heterocycles. The second-order valence-corrected chi connectivity index (χ2v) is 11.6. The van der Waals surface area contributed by atoms with Crippen LogP contribution in [0.2, 0.25) is 0 Å². The number of esters is 1. The molecule has 3 aromatic rings. The summed E-state index contributed by atoms with van der Waals surface area (Å²) in [5, 5.41) is 15.8. The van der Waals surface area contributed by atoms with Crippen molar-refractivity contribution in [1.82, 2.24) is 5.32 Å². The van der Waals surface area contributed by atoms with Crippen molar-refractivity contribution in [2.75, 3.05) is 39.5 Å². The number of nitrogens with one attached hydrogen (secondary N) is 1. The van der Waals surface area contributed by atoms with Gasteiger partial charge in [-0.25, -0.2) is 4.79 Å². The maximum Gasteiger partial charge on any atom is 0.338 e. The number of aliphatic hydroxyl groups is 1. The molecule has 4 rings (SSSR count). The van der Waals surface area contributed by atoms with Gasteiger partial charge < -0.3 is 19.9 Å². The number of fused-ring (bicyclic) bond motifs is 1. The Morgan fingerprint density at radius 1 is 0.884 bits per heavy atom. The molecule has 0 amide bonds. The van der Waals surface area contributed by atoms with Gasteiger partial charge in [-0.1, -0.05) is 110 Å². The van der Waals surface area contributed by atoms with Gasteiger partial charge in [0.2, 0.25) is 0 Å². The molecule has 1 aliphatic carbocycles. The van der Waals surface area contributed by atoms with E-state index in [4.69, 9.17) is 9.47 Å². The molecule has 0 spiro atoms. The van der Waals surface area contributed by atoms with Crippen molar-refractivity contribution in [3.8, 4) is 0 Å². The molecule has 0 bridgehead atoms. The fraction of sp³-hybridized carbons (Fsp3) is 0.395. The lowest BCUT2D eigenvalue weighted by atomic mass is 9.79. The van der Waals surface area contributed by atoms with Crippen molar-refractivity contribution in [3.05, 3.63) is 114 Å². The molecule has 0 saturated heterocycles. The van der Waals surface area contributed by atoms with Crippen LogP contribution >= 0.6 is 0 Å². The summed E-state index contributed by atoms with van der Waals surface area (Å²) in [4.78, 5) is 12.9. The SMILES string of the molecule is C=C(C(=O)OCC1=CC=CC(CO)(CNCCCCCCOCCCCc2ccccc2)C1)c1cccc2ccccc12. The molecule has 5 heteroatoms. The Labute approximate surface area is 257 Å². The van der Waals surface area contributed by atoms with Crippen LogP contribution in [0.5, 0.6) is 0 Å². The highest BCUT2D eigenvalue weighted by molar-refractivity contribution is 6.19. The monoisotopic (exact) mass is 581 g/mol. The Bertz CT molecular complexity index is 1360. The maximum absolute atomic E-state index is 12.9. The maximum atomic E-state index is 12.9. The van der Waals surface area contributed by atoms with Crippen LogP contribution in [0.15, 0.2) is 103 Å². The lowest BCUT2D eigenvalue weighted by molar-refractivity contribution is -0.135. The summed E-state index contributed by atoms with van der Waals surface area (Å²) in [6.45, 7) is 7.52. The van der Waals surface area contributed by atoms with Crippen LogP contribution in [0.4, 0.5) is 0 Å². The van der Waals surface area contributed by atoms with Gasteiger partial charge in [0.25, 0.3) is 0 Å². The van der Waals surface area contributed by atoms with Gasteiger partial charge >= 0.3 is 5.97 Å². The predicted molar refractivity (Wildman–Crippen MR) is 177 cm³/mol. The summed E-state index contributed by atoms with van der Waals surface area (Å²) in [6.07, 6.45) is 14.6. The fourth-order valence-corrected chi connectivity index (χ4v) is 5.61. The number of carbonyl (C=O) groups excluding carboxylic acids is 1.